The van der Waals surface area contributed by atoms with Crippen LogP contribution in [0.3, 0.4) is 0 Å². The number of methoxy groups -OCH3 is 2. The SMILES string of the molecule is CNC1CCCN(c2ncc(N3CCN(c4ccn5cc(-c6cc(Cl)c(OC)cc6OC)nc5c4)CC3)cn2)C1. The lowest BCUT2D eigenvalue weighted by Crippen LogP contribution is -2.47. The van der Waals surface area contributed by atoms with Crippen molar-refractivity contribution in [2.75, 3.05) is 75.2 Å². The third-order valence-corrected chi connectivity index (χ3v) is 8.24. The summed E-state index contributed by atoms with van der Waals surface area (Å²) in [4.78, 5) is 21.3. The molecule has 2 aliphatic rings. The zero-order valence-corrected chi connectivity index (χ0v) is 23.9. The fourth-order valence-electron chi connectivity index (χ4n) is 5.62. The molecule has 2 aliphatic heterocycles. The number of benzene rings is 1. The molecule has 210 valence electrons. The molecular formula is C29H35ClN8O2. The Morgan fingerprint density at radius 1 is 0.900 bits per heavy atom. The van der Waals surface area contributed by atoms with Gasteiger partial charge < -0.3 is 33.9 Å². The normalized spacial score (nSPS) is 17.9. The number of pyridine rings is 1. The summed E-state index contributed by atoms with van der Waals surface area (Å²) in [6, 6.07) is 8.40. The van der Waals surface area contributed by atoms with Crippen molar-refractivity contribution in [1.29, 1.82) is 0 Å². The fraction of sp³-hybridized carbons (Fsp3) is 0.414. The zero-order valence-electron chi connectivity index (χ0n) is 23.2. The van der Waals surface area contributed by atoms with Crippen molar-refractivity contribution in [3.05, 3.63) is 54.1 Å². The minimum atomic E-state index is 0.502. The lowest BCUT2D eigenvalue weighted by molar-refractivity contribution is 0.395. The molecular weight excluding hydrogens is 528 g/mol. The summed E-state index contributed by atoms with van der Waals surface area (Å²) in [6.07, 6.45) is 10.4. The average molecular weight is 563 g/mol. The first kappa shape index (κ1) is 26.5. The second kappa shape index (κ2) is 11.4. The van der Waals surface area contributed by atoms with Crippen molar-refractivity contribution in [1.82, 2.24) is 24.7 Å². The van der Waals surface area contributed by atoms with Crippen molar-refractivity contribution in [3.63, 3.8) is 0 Å². The smallest absolute Gasteiger partial charge is 0.225 e. The predicted molar refractivity (Wildman–Crippen MR) is 159 cm³/mol. The molecule has 0 radical (unpaired) electrons. The summed E-state index contributed by atoms with van der Waals surface area (Å²) in [6.45, 7) is 5.59. The molecule has 1 unspecified atom stereocenters. The van der Waals surface area contributed by atoms with E-state index in [0.717, 1.165) is 79.9 Å². The monoisotopic (exact) mass is 562 g/mol. The summed E-state index contributed by atoms with van der Waals surface area (Å²) in [5, 5.41) is 3.90. The van der Waals surface area contributed by atoms with Crippen molar-refractivity contribution >= 4 is 34.6 Å². The number of likely N-dealkylation sites (N-methyl/N-ethyl adjacent to an activating group) is 1. The van der Waals surface area contributed by atoms with Crippen LogP contribution in [0.15, 0.2) is 49.1 Å². The predicted octanol–water partition coefficient (Wildman–Crippen LogP) is 3.98. The number of halogens is 1. The van der Waals surface area contributed by atoms with Gasteiger partial charge in [0.15, 0.2) is 0 Å². The number of imidazole rings is 1. The number of hydrogen-bond acceptors (Lipinski definition) is 9. The summed E-state index contributed by atoms with van der Waals surface area (Å²) in [7, 11) is 5.25. The Balaban J connectivity index is 1.13. The number of nitrogens with zero attached hydrogens (tertiary/aromatic N) is 7. The average Bonchev–Trinajstić information content (AvgIpc) is 3.44. The molecule has 40 heavy (non-hydrogen) atoms. The van der Waals surface area contributed by atoms with E-state index in [1.807, 2.05) is 36.1 Å². The first-order valence-electron chi connectivity index (χ1n) is 13.7. The largest absolute Gasteiger partial charge is 0.496 e. The Hall–Kier alpha value is -3.76. The van der Waals surface area contributed by atoms with Crippen LogP contribution in [0.2, 0.25) is 5.02 Å². The van der Waals surface area contributed by atoms with Gasteiger partial charge in [0.25, 0.3) is 0 Å². The molecule has 0 amide bonds. The van der Waals surface area contributed by atoms with Crippen molar-refractivity contribution in [3.8, 4) is 22.8 Å². The molecule has 5 heterocycles. The molecule has 3 aromatic heterocycles. The van der Waals surface area contributed by atoms with Gasteiger partial charge in [-0.1, -0.05) is 11.6 Å². The first-order chi connectivity index (χ1) is 19.6. The van der Waals surface area contributed by atoms with Gasteiger partial charge in [0, 0.05) is 81.1 Å². The summed E-state index contributed by atoms with van der Waals surface area (Å²) >= 11 is 6.41. The summed E-state index contributed by atoms with van der Waals surface area (Å²) in [5.41, 5.74) is 4.71. The molecule has 4 aromatic rings. The van der Waals surface area contributed by atoms with E-state index in [-0.39, 0.29) is 0 Å². The van der Waals surface area contributed by atoms with Crippen LogP contribution in [0.1, 0.15) is 12.8 Å². The number of hydrogen-bond donors (Lipinski definition) is 1. The van der Waals surface area contributed by atoms with Gasteiger partial charge >= 0.3 is 0 Å². The van der Waals surface area contributed by atoms with Crippen molar-refractivity contribution in [2.24, 2.45) is 0 Å². The Kier molecular flexibility index (Phi) is 7.53. The Morgan fingerprint density at radius 2 is 1.62 bits per heavy atom. The number of anilines is 3. The Morgan fingerprint density at radius 3 is 2.33 bits per heavy atom. The van der Waals surface area contributed by atoms with E-state index in [1.54, 1.807) is 20.3 Å². The first-order valence-corrected chi connectivity index (χ1v) is 14.1. The van der Waals surface area contributed by atoms with Gasteiger partial charge in [-0.2, -0.15) is 0 Å². The van der Waals surface area contributed by atoms with Crippen LogP contribution in [0.25, 0.3) is 16.9 Å². The second-order valence-electron chi connectivity index (χ2n) is 10.3. The molecule has 1 aromatic carbocycles. The van der Waals surface area contributed by atoms with Gasteiger partial charge in [0.05, 0.1) is 43.0 Å². The van der Waals surface area contributed by atoms with Crippen LogP contribution in [0.5, 0.6) is 11.5 Å². The van der Waals surface area contributed by atoms with E-state index < -0.39 is 0 Å². The number of fused-ring (bicyclic) bond motifs is 1. The molecule has 0 aliphatic carbocycles. The number of rotatable bonds is 7. The summed E-state index contributed by atoms with van der Waals surface area (Å²) < 4.78 is 12.9. The second-order valence-corrected chi connectivity index (χ2v) is 10.7. The van der Waals surface area contributed by atoms with Gasteiger partial charge in [-0.25, -0.2) is 15.0 Å². The van der Waals surface area contributed by atoms with E-state index in [1.165, 1.54) is 6.42 Å². The minimum Gasteiger partial charge on any atom is -0.496 e. The van der Waals surface area contributed by atoms with Crippen LogP contribution < -0.4 is 29.5 Å². The maximum absolute atomic E-state index is 6.41. The number of nitrogens with one attached hydrogen (secondary N) is 1. The highest BCUT2D eigenvalue weighted by atomic mass is 35.5. The van der Waals surface area contributed by atoms with Gasteiger partial charge in [-0.15, -0.1) is 0 Å². The maximum Gasteiger partial charge on any atom is 0.225 e. The van der Waals surface area contributed by atoms with Gasteiger partial charge in [0.2, 0.25) is 5.95 Å². The third kappa shape index (κ3) is 5.21. The van der Waals surface area contributed by atoms with Crippen LogP contribution in [0, 0.1) is 0 Å². The Labute approximate surface area is 239 Å². The van der Waals surface area contributed by atoms with E-state index in [4.69, 9.17) is 36.0 Å². The zero-order chi connectivity index (χ0) is 27.6. The molecule has 11 heteroatoms. The Bertz CT molecular complexity index is 1470. The van der Waals surface area contributed by atoms with Crippen LogP contribution >= 0.6 is 11.6 Å². The number of piperazine rings is 1. The minimum absolute atomic E-state index is 0.502. The molecule has 1 N–H and O–H groups in total. The van der Waals surface area contributed by atoms with Crippen molar-refractivity contribution in [2.45, 2.75) is 18.9 Å². The topological polar surface area (TPSA) is 83.3 Å². The highest BCUT2D eigenvalue weighted by molar-refractivity contribution is 6.32. The van der Waals surface area contributed by atoms with Crippen LogP contribution in [-0.2, 0) is 0 Å². The van der Waals surface area contributed by atoms with Crippen LogP contribution in [-0.4, -0.2) is 85.9 Å². The molecule has 0 spiro atoms. The fourth-order valence-corrected chi connectivity index (χ4v) is 5.86. The highest BCUT2D eigenvalue weighted by Gasteiger charge is 2.22. The third-order valence-electron chi connectivity index (χ3n) is 7.94. The molecule has 2 saturated heterocycles. The summed E-state index contributed by atoms with van der Waals surface area (Å²) in [5.74, 6) is 2.06. The lowest BCUT2D eigenvalue weighted by Gasteiger charge is -2.37. The molecule has 6 rings (SSSR count). The molecule has 10 nitrogen and oxygen atoms in total. The molecule has 2 fully saturated rings. The molecule has 1 atom stereocenters. The van der Waals surface area contributed by atoms with Gasteiger partial charge in [0.1, 0.15) is 17.1 Å². The highest BCUT2D eigenvalue weighted by Crippen LogP contribution is 2.38. The van der Waals surface area contributed by atoms with E-state index >= 15 is 0 Å². The number of ether oxygens (including phenoxy) is 2. The van der Waals surface area contributed by atoms with Crippen LogP contribution in [0.4, 0.5) is 17.3 Å². The molecule has 0 bridgehead atoms. The van der Waals surface area contributed by atoms with Gasteiger partial charge in [-0.3, -0.25) is 0 Å². The number of piperidine rings is 1. The number of aromatic nitrogens is 4. The van der Waals surface area contributed by atoms with Gasteiger partial charge in [-0.05, 0) is 32.0 Å². The van der Waals surface area contributed by atoms with E-state index in [0.29, 0.717) is 22.6 Å². The quantitative estimate of drug-likeness (QED) is 0.359. The van der Waals surface area contributed by atoms with E-state index in [2.05, 4.69) is 38.3 Å². The molecule has 0 saturated carbocycles. The lowest BCUT2D eigenvalue weighted by atomic mass is 10.1. The van der Waals surface area contributed by atoms with Crippen molar-refractivity contribution < 1.29 is 9.47 Å². The maximum atomic E-state index is 6.41. The van der Waals surface area contributed by atoms with E-state index in [9.17, 15) is 0 Å². The standard InChI is InChI=1S/C29H35ClN8O2/c1-31-20-5-4-7-38(18-20)29-32-16-22(17-33-29)36-11-9-35(10-12-36)21-6-8-37-19-25(34-28(37)13-21)23-14-24(30)27(40-3)15-26(23)39-2/h6,8,13-17,19-20,31H,4-5,7,9-12,18H2,1-3H3.